The zero-order valence-electron chi connectivity index (χ0n) is 13.1. The van der Waals surface area contributed by atoms with Gasteiger partial charge in [-0.3, -0.25) is 0 Å². The van der Waals surface area contributed by atoms with Crippen molar-refractivity contribution in [1.82, 2.24) is 9.78 Å². The average Bonchev–Trinajstić information content (AvgIpc) is 2.79. The third-order valence-corrected chi connectivity index (χ3v) is 3.70. The first kappa shape index (κ1) is 14.0. The molecule has 0 N–H and O–H groups in total. The van der Waals surface area contributed by atoms with E-state index in [1.54, 1.807) is 0 Å². The van der Waals surface area contributed by atoms with Crippen LogP contribution in [0.3, 0.4) is 0 Å². The minimum Gasteiger partial charge on any atom is -0.491 e. The second-order valence-corrected chi connectivity index (χ2v) is 5.85. The van der Waals surface area contributed by atoms with Gasteiger partial charge in [-0.25, -0.2) is 4.68 Å². The lowest BCUT2D eigenvalue weighted by molar-refractivity contribution is 0.229. The van der Waals surface area contributed by atoms with Crippen LogP contribution in [0, 0.1) is 13.8 Å². The van der Waals surface area contributed by atoms with Gasteiger partial charge in [0.25, 0.3) is 0 Å². The molecule has 1 aromatic heterocycles. The highest BCUT2D eigenvalue weighted by Crippen LogP contribution is 2.33. The minimum absolute atomic E-state index is 0.185. The first-order valence-electron chi connectivity index (χ1n) is 7.54. The van der Waals surface area contributed by atoms with Gasteiger partial charge in [-0.2, -0.15) is 5.10 Å². The van der Waals surface area contributed by atoms with Crippen molar-refractivity contribution in [3.8, 4) is 22.9 Å². The zero-order valence-corrected chi connectivity index (χ0v) is 13.1. The first-order valence-corrected chi connectivity index (χ1v) is 7.54. The molecule has 0 unspecified atom stereocenters. The smallest absolute Gasteiger partial charge is 0.215 e. The fourth-order valence-electron chi connectivity index (χ4n) is 2.71. The van der Waals surface area contributed by atoms with Crippen molar-refractivity contribution in [2.24, 2.45) is 0 Å². The van der Waals surface area contributed by atoms with Gasteiger partial charge < -0.3 is 9.47 Å². The molecule has 0 radical (unpaired) electrons. The van der Waals surface area contributed by atoms with Gasteiger partial charge in [0.05, 0.1) is 18.4 Å². The lowest BCUT2D eigenvalue weighted by Crippen LogP contribution is -2.14. The quantitative estimate of drug-likeness (QED) is 0.862. The number of rotatable bonds is 3. The monoisotopic (exact) mass is 286 g/mol. The van der Waals surface area contributed by atoms with Gasteiger partial charge >= 0.3 is 0 Å². The molecule has 0 fully saturated rings. The van der Waals surface area contributed by atoms with E-state index in [-0.39, 0.29) is 6.10 Å². The molecule has 1 aliphatic heterocycles. The molecule has 2 aromatic rings. The number of aromatic nitrogens is 2. The van der Waals surface area contributed by atoms with Gasteiger partial charge in [0.1, 0.15) is 5.75 Å². The molecule has 0 atom stereocenters. The van der Waals surface area contributed by atoms with E-state index in [1.165, 1.54) is 0 Å². The van der Waals surface area contributed by atoms with Crippen LogP contribution in [0.1, 0.15) is 31.4 Å². The number of benzene rings is 1. The van der Waals surface area contributed by atoms with Crippen molar-refractivity contribution >= 4 is 0 Å². The second-order valence-electron chi connectivity index (χ2n) is 5.85. The van der Waals surface area contributed by atoms with Crippen molar-refractivity contribution in [3.63, 3.8) is 0 Å². The normalized spacial score (nSPS) is 14.0. The molecule has 3 rings (SSSR count). The molecule has 0 saturated heterocycles. The summed E-state index contributed by atoms with van der Waals surface area (Å²) in [5, 5.41) is 4.70. The zero-order chi connectivity index (χ0) is 15.0. The third-order valence-electron chi connectivity index (χ3n) is 3.70. The Bertz CT molecular complexity index is 659. The summed E-state index contributed by atoms with van der Waals surface area (Å²) in [7, 11) is 0. The highest BCUT2D eigenvalue weighted by Gasteiger charge is 2.20. The van der Waals surface area contributed by atoms with Crippen LogP contribution < -0.4 is 9.47 Å². The molecule has 112 valence electrons. The van der Waals surface area contributed by atoms with Crippen LogP contribution in [0.2, 0.25) is 0 Å². The Morgan fingerprint density at radius 3 is 2.76 bits per heavy atom. The number of hydrogen-bond donors (Lipinski definition) is 0. The number of nitrogens with zero attached hydrogens (tertiary/aromatic N) is 2. The van der Waals surface area contributed by atoms with E-state index in [9.17, 15) is 0 Å². The predicted molar refractivity (Wildman–Crippen MR) is 83.0 cm³/mol. The van der Waals surface area contributed by atoms with Crippen LogP contribution in [0.5, 0.6) is 11.6 Å². The summed E-state index contributed by atoms with van der Waals surface area (Å²) < 4.78 is 13.5. The van der Waals surface area contributed by atoms with E-state index >= 15 is 0 Å². The Morgan fingerprint density at radius 2 is 2.10 bits per heavy atom. The fraction of sp³-hybridized carbons (Fsp3) is 0.471. The Balaban J connectivity index is 1.97. The summed E-state index contributed by atoms with van der Waals surface area (Å²) in [6, 6.07) is 6.24. The van der Waals surface area contributed by atoms with Crippen LogP contribution in [0.4, 0.5) is 0 Å². The molecule has 4 nitrogen and oxygen atoms in total. The van der Waals surface area contributed by atoms with Crippen molar-refractivity contribution in [2.75, 3.05) is 6.61 Å². The Morgan fingerprint density at radius 1 is 1.29 bits per heavy atom. The molecule has 0 bridgehead atoms. The van der Waals surface area contributed by atoms with Crippen LogP contribution in [-0.2, 0) is 6.54 Å². The molecular weight excluding hydrogens is 264 g/mol. The highest BCUT2D eigenvalue weighted by atomic mass is 16.5. The highest BCUT2D eigenvalue weighted by molar-refractivity contribution is 5.67. The van der Waals surface area contributed by atoms with E-state index in [1.807, 2.05) is 24.6 Å². The molecule has 2 heterocycles. The van der Waals surface area contributed by atoms with E-state index in [4.69, 9.17) is 14.6 Å². The molecule has 0 spiro atoms. The second kappa shape index (κ2) is 5.43. The first-order chi connectivity index (χ1) is 10.1. The summed E-state index contributed by atoms with van der Waals surface area (Å²) in [6.45, 7) is 9.95. The Hall–Kier alpha value is -1.97. The SMILES string of the molecule is Cc1cc(-c2nn3c(c2C)OCCC3)ccc1OC(C)C. The van der Waals surface area contributed by atoms with Crippen LogP contribution in [0.15, 0.2) is 18.2 Å². The van der Waals surface area contributed by atoms with E-state index in [2.05, 4.69) is 26.0 Å². The molecular formula is C17H22N2O2. The van der Waals surface area contributed by atoms with Crippen molar-refractivity contribution in [3.05, 3.63) is 29.3 Å². The van der Waals surface area contributed by atoms with Gasteiger partial charge in [-0.05, 0) is 51.5 Å². The topological polar surface area (TPSA) is 36.3 Å². The fourth-order valence-corrected chi connectivity index (χ4v) is 2.71. The predicted octanol–water partition coefficient (Wildman–Crippen LogP) is 3.74. The third kappa shape index (κ3) is 2.62. The van der Waals surface area contributed by atoms with Crippen molar-refractivity contribution in [1.29, 1.82) is 0 Å². The van der Waals surface area contributed by atoms with Gasteiger partial charge in [-0.1, -0.05) is 0 Å². The molecule has 0 saturated carbocycles. The molecule has 1 aliphatic rings. The summed E-state index contributed by atoms with van der Waals surface area (Å²) in [5.41, 5.74) is 4.37. The van der Waals surface area contributed by atoms with E-state index < -0.39 is 0 Å². The summed E-state index contributed by atoms with van der Waals surface area (Å²) in [4.78, 5) is 0. The summed E-state index contributed by atoms with van der Waals surface area (Å²) in [6.07, 6.45) is 1.21. The van der Waals surface area contributed by atoms with Crippen molar-refractivity contribution < 1.29 is 9.47 Å². The van der Waals surface area contributed by atoms with Gasteiger partial charge in [0, 0.05) is 24.1 Å². The van der Waals surface area contributed by atoms with Crippen molar-refractivity contribution in [2.45, 2.75) is 46.8 Å². The standard InChI is InChI=1S/C17H22N2O2/c1-11(2)21-15-7-6-14(10-12(15)3)16-13(4)17-19(18-16)8-5-9-20-17/h6-7,10-11H,5,8-9H2,1-4H3. The van der Waals surface area contributed by atoms with Crippen LogP contribution in [0.25, 0.3) is 11.3 Å². The lowest BCUT2D eigenvalue weighted by atomic mass is 10.1. The number of fused-ring (bicyclic) bond motifs is 1. The molecule has 21 heavy (non-hydrogen) atoms. The maximum Gasteiger partial charge on any atom is 0.215 e. The maximum atomic E-state index is 5.80. The molecule has 0 aliphatic carbocycles. The number of aryl methyl sites for hydroxylation is 2. The van der Waals surface area contributed by atoms with Gasteiger partial charge in [-0.15, -0.1) is 0 Å². The van der Waals surface area contributed by atoms with E-state index in [0.29, 0.717) is 0 Å². The lowest BCUT2D eigenvalue weighted by Gasteiger charge is -2.14. The Kier molecular flexibility index (Phi) is 3.62. The average molecular weight is 286 g/mol. The summed E-state index contributed by atoms with van der Waals surface area (Å²) >= 11 is 0. The largest absolute Gasteiger partial charge is 0.491 e. The number of ether oxygens (including phenoxy) is 2. The molecule has 1 aromatic carbocycles. The Labute approximate surface area is 125 Å². The maximum absolute atomic E-state index is 5.80. The molecule has 4 heteroatoms. The van der Waals surface area contributed by atoms with E-state index in [0.717, 1.165) is 53.6 Å². The summed E-state index contributed by atoms with van der Waals surface area (Å²) in [5.74, 6) is 1.85. The van der Waals surface area contributed by atoms with Gasteiger partial charge in [0.15, 0.2) is 0 Å². The van der Waals surface area contributed by atoms with Gasteiger partial charge in [0.2, 0.25) is 5.88 Å². The minimum atomic E-state index is 0.185. The van der Waals surface area contributed by atoms with Crippen LogP contribution in [-0.4, -0.2) is 22.5 Å². The van der Waals surface area contributed by atoms with Crippen LogP contribution >= 0.6 is 0 Å². The number of hydrogen-bond acceptors (Lipinski definition) is 3. The molecule has 0 amide bonds.